The van der Waals surface area contributed by atoms with E-state index in [9.17, 15) is 18.4 Å². The molecule has 7 heteroatoms. The zero-order valence-corrected chi connectivity index (χ0v) is 13.9. The van der Waals surface area contributed by atoms with Gasteiger partial charge in [0.2, 0.25) is 11.8 Å². The summed E-state index contributed by atoms with van der Waals surface area (Å²) in [5, 5.41) is 2.67. The van der Waals surface area contributed by atoms with Crippen molar-refractivity contribution in [1.29, 1.82) is 0 Å². The maximum atomic E-state index is 13.4. The van der Waals surface area contributed by atoms with E-state index in [2.05, 4.69) is 5.32 Å². The van der Waals surface area contributed by atoms with Crippen LogP contribution in [0.5, 0.6) is 5.75 Å². The fourth-order valence-electron chi connectivity index (χ4n) is 2.28. The van der Waals surface area contributed by atoms with Crippen LogP contribution in [-0.2, 0) is 16.1 Å². The molecule has 2 aromatic carbocycles. The van der Waals surface area contributed by atoms with Crippen molar-refractivity contribution in [3.8, 4) is 5.75 Å². The Labute approximate surface area is 144 Å². The smallest absolute Gasteiger partial charge is 0.240 e. The minimum atomic E-state index is -1.09. The third kappa shape index (κ3) is 4.76. The van der Waals surface area contributed by atoms with E-state index in [1.54, 1.807) is 12.1 Å². The molecule has 2 amide bonds. The van der Waals surface area contributed by atoms with Gasteiger partial charge in [0, 0.05) is 30.8 Å². The number of halogens is 2. The summed E-state index contributed by atoms with van der Waals surface area (Å²) < 4.78 is 31.6. The molecule has 25 heavy (non-hydrogen) atoms. The zero-order valence-electron chi connectivity index (χ0n) is 13.9. The maximum Gasteiger partial charge on any atom is 0.240 e. The summed E-state index contributed by atoms with van der Waals surface area (Å²) in [7, 11) is 1.53. The average molecular weight is 348 g/mol. The number of benzene rings is 2. The number of para-hydroxylation sites is 1. The Hall–Kier alpha value is -2.96. The summed E-state index contributed by atoms with van der Waals surface area (Å²) in [6.45, 7) is 1.15. The van der Waals surface area contributed by atoms with Gasteiger partial charge in [-0.25, -0.2) is 8.78 Å². The van der Waals surface area contributed by atoms with Gasteiger partial charge in [-0.05, 0) is 18.2 Å². The summed E-state index contributed by atoms with van der Waals surface area (Å²) in [6, 6.07) is 10.2. The molecule has 0 unspecified atom stereocenters. The van der Waals surface area contributed by atoms with E-state index in [0.717, 1.165) is 22.6 Å². The molecule has 0 aromatic heterocycles. The summed E-state index contributed by atoms with van der Waals surface area (Å²) >= 11 is 0. The number of nitrogens with one attached hydrogen (secondary N) is 1. The Morgan fingerprint density at radius 2 is 1.84 bits per heavy atom. The highest BCUT2D eigenvalue weighted by molar-refractivity contribution is 5.97. The number of hydrogen-bond donors (Lipinski definition) is 1. The minimum Gasteiger partial charge on any atom is -0.496 e. The minimum absolute atomic E-state index is 0.110. The van der Waals surface area contributed by atoms with Crippen LogP contribution in [0.1, 0.15) is 12.5 Å². The monoisotopic (exact) mass is 348 g/mol. The molecule has 0 heterocycles. The van der Waals surface area contributed by atoms with Gasteiger partial charge in [-0.3, -0.25) is 9.59 Å². The van der Waals surface area contributed by atoms with Crippen molar-refractivity contribution < 1.29 is 23.1 Å². The van der Waals surface area contributed by atoms with E-state index in [1.807, 2.05) is 12.1 Å². The van der Waals surface area contributed by atoms with E-state index in [0.29, 0.717) is 5.75 Å². The van der Waals surface area contributed by atoms with Gasteiger partial charge in [-0.15, -0.1) is 0 Å². The van der Waals surface area contributed by atoms with E-state index in [-0.39, 0.29) is 18.8 Å². The Balaban J connectivity index is 2.05. The zero-order chi connectivity index (χ0) is 18.4. The molecule has 0 saturated heterocycles. The topological polar surface area (TPSA) is 58.6 Å². The van der Waals surface area contributed by atoms with Gasteiger partial charge in [0.05, 0.1) is 7.11 Å². The quantitative estimate of drug-likeness (QED) is 0.873. The molecule has 132 valence electrons. The highest BCUT2D eigenvalue weighted by atomic mass is 19.2. The second kappa shape index (κ2) is 8.23. The fourth-order valence-corrected chi connectivity index (χ4v) is 2.28. The predicted molar refractivity (Wildman–Crippen MR) is 89.2 cm³/mol. The molecule has 0 aliphatic carbocycles. The Morgan fingerprint density at radius 1 is 1.12 bits per heavy atom. The fraction of sp³-hybridized carbons (Fsp3) is 0.222. The molecule has 0 radical (unpaired) electrons. The highest BCUT2D eigenvalue weighted by Crippen LogP contribution is 2.19. The number of amides is 2. The number of anilines is 1. The summed E-state index contributed by atoms with van der Waals surface area (Å²) in [5.74, 6) is -2.37. The number of carbonyl (C=O) groups is 2. The van der Waals surface area contributed by atoms with Gasteiger partial charge in [0.15, 0.2) is 11.6 Å². The molecule has 1 N–H and O–H groups in total. The first-order valence-corrected chi connectivity index (χ1v) is 7.54. The van der Waals surface area contributed by atoms with Gasteiger partial charge in [-0.2, -0.15) is 0 Å². The van der Waals surface area contributed by atoms with Crippen molar-refractivity contribution in [2.75, 3.05) is 18.6 Å². The lowest BCUT2D eigenvalue weighted by atomic mass is 10.2. The molecule has 0 aliphatic heterocycles. The van der Waals surface area contributed by atoms with Crippen LogP contribution >= 0.6 is 0 Å². The first-order valence-electron chi connectivity index (χ1n) is 7.54. The molecule has 0 bridgehead atoms. The normalized spacial score (nSPS) is 10.2. The van der Waals surface area contributed by atoms with Crippen LogP contribution in [0.4, 0.5) is 14.5 Å². The van der Waals surface area contributed by atoms with Crippen LogP contribution in [0.25, 0.3) is 0 Å². The second-order valence-electron chi connectivity index (χ2n) is 5.29. The Bertz CT molecular complexity index is 781. The Morgan fingerprint density at radius 3 is 2.48 bits per heavy atom. The molecule has 0 fully saturated rings. The van der Waals surface area contributed by atoms with Crippen molar-refractivity contribution >= 4 is 17.5 Å². The van der Waals surface area contributed by atoms with Crippen molar-refractivity contribution in [2.45, 2.75) is 13.5 Å². The van der Waals surface area contributed by atoms with Crippen LogP contribution in [-0.4, -0.2) is 25.5 Å². The SMILES string of the molecule is COc1ccccc1CNC(=O)CN(C(C)=O)c1ccc(F)c(F)c1. The maximum absolute atomic E-state index is 13.4. The number of nitrogens with zero attached hydrogens (tertiary/aromatic N) is 1. The summed E-state index contributed by atoms with van der Waals surface area (Å²) in [6.07, 6.45) is 0. The lowest BCUT2D eigenvalue weighted by molar-refractivity contribution is -0.123. The van der Waals surface area contributed by atoms with E-state index >= 15 is 0 Å². The van der Waals surface area contributed by atoms with Crippen LogP contribution < -0.4 is 15.0 Å². The van der Waals surface area contributed by atoms with Gasteiger partial charge >= 0.3 is 0 Å². The molecule has 0 saturated carbocycles. The summed E-state index contributed by atoms with van der Waals surface area (Å²) in [5.41, 5.74) is 0.888. The average Bonchev–Trinajstić information content (AvgIpc) is 2.60. The second-order valence-corrected chi connectivity index (χ2v) is 5.29. The Kier molecular flexibility index (Phi) is 6.05. The largest absolute Gasteiger partial charge is 0.496 e. The number of methoxy groups -OCH3 is 1. The number of carbonyl (C=O) groups excluding carboxylic acids is 2. The van der Waals surface area contributed by atoms with Gasteiger partial charge in [0.25, 0.3) is 0 Å². The van der Waals surface area contributed by atoms with Crippen LogP contribution in [0.2, 0.25) is 0 Å². The third-order valence-electron chi connectivity index (χ3n) is 3.57. The van der Waals surface area contributed by atoms with Crippen molar-refractivity contribution in [3.63, 3.8) is 0 Å². The lowest BCUT2D eigenvalue weighted by Crippen LogP contribution is -2.39. The van der Waals surface area contributed by atoms with Gasteiger partial charge in [-0.1, -0.05) is 18.2 Å². The lowest BCUT2D eigenvalue weighted by Gasteiger charge is -2.21. The van der Waals surface area contributed by atoms with Gasteiger partial charge < -0.3 is 15.0 Å². The van der Waals surface area contributed by atoms with Crippen LogP contribution in [0.15, 0.2) is 42.5 Å². The summed E-state index contributed by atoms with van der Waals surface area (Å²) in [4.78, 5) is 25.0. The predicted octanol–water partition coefficient (Wildman–Crippen LogP) is 2.64. The third-order valence-corrected chi connectivity index (χ3v) is 3.57. The first kappa shape index (κ1) is 18.4. The first-order chi connectivity index (χ1) is 11.9. The van der Waals surface area contributed by atoms with Gasteiger partial charge in [0.1, 0.15) is 12.3 Å². The molecular weight excluding hydrogens is 330 g/mol. The van der Waals surface area contributed by atoms with Crippen molar-refractivity contribution in [1.82, 2.24) is 5.32 Å². The standard InChI is InChI=1S/C18H18F2N2O3/c1-12(23)22(14-7-8-15(19)16(20)9-14)11-18(24)21-10-13-5-3-4-6-17(13)25-2/h3-9H,10-11H2,1-2H3,(H,21,24). The molecule has 0 atom stereocenters. The number of rotatable bonds is 6. The highest BCUT2D eigenvalue weighted by Gasteiger charge is 2.17. The van der Waals surface area contributed by atoms with E-state index < -0.39 is 23.4 Å². The van der Waals surface area contributed by atoms with E-state index in [1.165, 1.54) is 20.1 Å². The van der Waals surface area contributed by atoms with E-state index in [4.69, 9.17) is 4.74 Å². The molecule has 0 spiro atoms. The molecular formula is C18H18F2N2O3. The molecule has 2 rings (SSSR count). The van der Waals surface area contributed by atoms with Crippen LogP contribution in [0, 0.1) is 11.6 Å². The number of hydrogen-bond acceptors (Lipinski definition) is 3. The van der Waals surface area contributed by atoms with Crippen LogP contribution in [0.3, 0.4) is 0 Å². The molecule has 0 aliphatic rings. The molecule has 2 aromatic rings. The van der Waals surface area contributed by atoms with Crippen molar-refractivity contribution in [3.05, 3.63) is 59.7 Å². The van der Waals surface area contributed by atoms with Crippen molar-refractivity contribution in [2.24, 2.45) is 0 Å². The number of ether oxygens (including phenoxy) is 1. The molecule has 5 nitrogen and oxygen atoms in total.